The fraction of sp³-hybridized carbons (Fsp3) is 0.941. The second-order valence-corrected chi connectivity index (χ2v) is 7.38. The molecule has 2 heteroatoms. The van der Waals surface area contributed by atoms with E-state index in [1.54, 1.807) is 0 Å². The van der Waals surface area contributed by atoms with E-state index in [1.807, 2.05) is 0 Å². The lowest BCUT2D eigenvalue weighted by Crippen LogP contribution is -2.42. The second-order valence-electron chi connectivity index (χ2n) is 7.38. The number of hydrogen-bond donors (Lipinski definition) is 0. The Morgan fingerprint density at radius 3 is 1.79 bits per heavy atom. The van der Waals surface area contributed by atoms with Gasteiger partial charge in [0.1, 0.15) is 6.29 Å². The van der Waals surface area contributed by atoms with E-state index >= 15 is 0 Å². The number of aldehydes is 1. The van der Waals surface area contributed by atoms with Gasteiger partial charge in [-0.25, -0.2) is 0 Å². The lowest BCUT2D eigenvalue weighted by Gasteiger charge is -2.35. The van der Waals surface area contributed by atoms with Crippen LogP contribution in [0, 0.1) is 17.3 Å². The monoisotopic (exact) mass is 267 g/mol. The van der Waals surface area contributed by atoms with Crippen LogP contribution in [0.15, 0.2) is 0 Å². The molecule has 112 valence electrons. The van der Waals surface area contributed by atoms with E-state index in [4.69, 9.17) is 0 Å². The average Bonchev–Trinajstić information content (AvgIpc) is 2.53. The topological polar surface area (TPSA) is 20.3 Å². The first-order valence-electron chi connectivity index (χ1n) is 8.16. The van der Waals surface area contributed by atoms with E-state index in [0.717, 1.165) is 32.5 Å². The fourth-order valence-corrected chi connectivity index (χ4v) is 3.43. The molecule has 0 spiro atoms. The molecule has 1 aliphatic rings. The summed E-state index contributed by atoms with van der Waals surface area (Å²) < 4.78 is 0. The molecule has 1 saturated carbocycles. The van der Waals surface area contributed by atoms with Gasteiger partial charge in [-0.3, -0.25) is 0 Å². The Hall–Kier alpha value is -0.370. The van der Waals surface area contributed by atoms with Crippen molar-refractivity contribution in [1.82, 2.24) is 4.90 Å². The molecule has 0 heterocycles. The molecule has 1 aliphatic carbocycles. The van der Waals surface area contributed by atoms with Crippen molar-refractivity contribution in [3.05, 3.63) is 0 Å². The van der Waals surface area contributed by atoms with Gasteiger partial charge in [-0.2, -0.15) is 0 Å². The van der Waals surface area contributed by atoms with Gasteiger partial charge in [0.05, 0.1) is 0 Å². The van der Waals surface area contributed by atoms with E-state index in [0.29, 0.717) is 11.8 Å². The molecule has 0 unspecified atom stereocenters. The van der Waals surface area contributed by atoms with Gasteiger partial charge in [0, 0.05) is 25.0 Å². The first-order valence-corrected chi connectivity index (χ1v) is 8.16. The molecule has 0 radical (unpaired) electrons. The maximum atomic E-state index is 11.7. The Labute approximate surface area is 119 Å². The maximum absolute atomic E-state index is 11.7. The van der Waals surface area contributed by atoms with Crippen molar-refractivity contribution in [3.8, 4) is 0 Å². The minimum atomic E-state index is -0.0553. The summed E-state index contributed by atoms with van der Waals surface area (Å²) in [6.07, 6.45) is 8.57. The van der Waals surface area contributed by atoms with Gasteiger partial charge in [0.15, 0.2) is 0 Å². The fourth-order valence-electron chi connectivity index (χ4n) is 3.43. The van der Waals surface area contributed by atoms with E-state index < -0.39 is 0 Å². The van der Waals surface area contributed by atoms with Crippen LogP contribution in [0.1, 0.15) is 66.2 Å². The molecule has 0 N–H and O–H groups in total. The molecular weight excluding hydrogens is 234 g/mol. The maximum Gasteiger partial charge on any atom is 0.127 e. The predicted molar refractivity (Wildman–Crippen MR) is 82.3 cm³/mol. The summed E-state index contributed by atoms with van der Waals surface area (Å²) in [4.78, 5) is 14.3. The van der Waals surface area contributed by atoms with E-state index in [2.05, 4.69) is 32.6 Å². The molecule has 19 heavy (non-hydrogen) atoms. The molecule has 0 aromatic heterocycles. The zero-order valence-corrected chi connectivity index (χ0v) is 13.5. The van der Waals surface area contributed by atoms with Crippen LogP contribution >= 0.6 is 0 Å². The third kappa shape index (κ3) is 6.07. The molecule has 1 fully saturated rings. The summed E-state index contributed by atoms with van der Waals surface area (Å²) in [7, 11) is 0. The number of carbonyl (C=O) groups excluding carboxylic acids is 1. The Morgan fingerprint density at radius 2 is 1.42 bits per heavy atom. The quantitative estimate of drug-likeness (QED) is 0.510. The van der Waals surface area contributed by atoms with Crippen molar-refractivity contribution < 1.29 is 4.79 Å². The summed E-state index contributed by atoms with van der Waals surface area (Å²) in [5, 5.41) is 0. The van der Waals surface area contributed by atoms with Crippen LogP contribution in [0.25, 0.3) is 0 Å². The van der Waals surface area contributed by atoms with Gasteiger partial charge >= 0.3 is 0 Å². The third-order valence-electron chi connectivity index (χ3n) is 4.13. The van der Waals surface area contributed by atoms with Crippen LogP contribution < -0.4 is 0 Å². The van der Waals surface area contributed by atoms with Crippen molar-refractivity contribution in [2.45, 2.75) is 66.2 Å². The van der Waals surface area contributed by atoms with Gasteiger partial charge < -0.3 is 9.69 Å². The minimum absolute atomic E-state index is 0.0553. The summed E-state index contributed by atoms with van der Waals surface area (Å²) in [5.74, 6) is 1.35. The molecule has 0 atom stereocenters. The zero-order valence-electron chi connectivity index (χ0n) is 13.5. The van der Waals surface area contributed by atoms with Gasteiger partial charge in [0.25, 0.3) is 0 Å². The van der Waals surface area contributed by atoms with E-state index in [1.165, 1.54) is 32.0 Å². The number of rotatable bonds is 7. The Morgan fingerprint density at radius 1 is 0.947 bits per heavy atom. The highest BCUT2D eigenvalue weighted by Gasteiger charge is 2.32. The second kappa shape index (κ2) is 8.04. The van der Waals surface area contributed by atoms with Crippen LogP contribution in [0.5, 0.6) is 0 Å². The van der Waals surface area contributed by atoms with Crippen LogP contribution in [-0.2, 0) is 4.79 Å². The zero-order chi connectivity index (χ0) is 14.3. The van der Waals surface area contributed by atoms with Crippen LogP contribution in [-0.4, -0.2) is 30.8 Å². The van der Waals surface area contributed by atoms with Crippen molar-refractivity contribution in [2.24, 2.45) is 17.3 Å². The molecule has 0 saturated heterocycles. The van der Waals surface area contributed by atoms with Crippen LogP contribution in [0.4, 0.5) is 0 Å². The SMILES string of the molecule is CC(C)CN(CC(C)C)CC1(C=O)CCCCCC1. The minimum Gasteiger partial charge on any atom is -0.303 e. The van der Waals surface area contributed by atoms with Crippen molar-refractivity contribution >= 4 is 6.29 Å². The highest BCUT2D eigenvalue weighted by atomic mass is 16.1. The normalized spacial score (nSPS) is 19.9. The molecule has 0 aliphatic heterocycles. The van der Waals surface area contributed by atoms with Gasteiger partial charge in [-0.05, 0) is 24.7 Å². The van der Waals surface area contributed by atoms with E-state index in [9.17, 15) is 4.79 Å². The molecule has 0 amide bonds. The number of carbonyl (C=O) groups is 1. The molecular formula is C17H33NO. The Kier molecular flexibility index (Phi) is 7.06. The van der Waals surface area contributed by atoms with Crippen molar-refractivity contribution in [3.63, 3.8) is 0 Å². The largest absolute Gasteiger partial charge is 0.303 e. The van der Waals surface area contributed by atoms with Crippen molar-refractivity contribution in [2.75, 3.05) is 19.6 Å². The lowest BCUT2D eigenvalue weighted by atomic mass is 9.81. The highest BCUT2D eigenvalue weighted by Crippen LogP contribution is 2.34. The first kappa shape index (κ1) is 16.7. The summed E-state index contributed by atoms with van der Waals surface area (Å²) in [6, 6.07) is 0. The predicted octanol–water partition coefficient (Wildman–Crippen LogP) is 4.14. The first-order chi connectivity index (χ1) is 8.97. The molecule has 1 rings (SSSR count). The average molecular weight is 267 g/mol. The molecule has 0 bridgehead atoms. The lowest BCUT2D eigenvalue weighted by molar-refractivity contribution is -0.118. The summed E-state index contributed by atoms with van der Waals surface area (Å²) in [6.45, 7) is 12.3. The highest BCUT2D eigenvalue weighted by molar-refractivity contribution is 5.59. The van der Waals surface area contributed by atoms with Gasteiger partial charge in [0.2, 0.25) is 0 Å². The van der Waals surface area contributed by atoms with Crippen LogP contribution in [0.2, 0.25) is 0 Å². The van der Waals surface area contributed by atoms with Gasteiger partial charge in [-0.1, -0.05) is 53.4 Å². The van der Waals surface area contributed by atoms with Crippen molar-refractivity contribution in [1.29, 1.82) is 0 Å². The van der Waals surface area contributed by atoms with E-state index in [-0.39, 0.29) is 5.41 Å². The van der Waals surface area contributed by atoms with Crippen LogP contribution in [0.3, 0.4) is 0 Å². The Balaban J connectivity index is 2.68. The number of hydrogen-bond acceptors (Lipinski definition) is 2. The molecule has 2 nitrogen and oxygen atoms in total. The molecule has 0 aromatic carbocycles. The van der Waals surface area contributed by atoms with Gasteiger partial charge in [-0.15, -0.1) is 0 Å². The Bertz CT molecular complexity index is 242. The summed E-state index contributed by atoms with van der Waals surface area (Å²) in [5.41, 5.74) is -0.0553. The smallest absolute Gasteiger partial charge is 0.127 e. The summed E-state index contributed by atoms with van der Waals surface area (Å²) >= 11 is 0. The third-order valence-corrected chi connectivity index (χ3v) is 4.13. The number of nitrogens with zero attached hydrogens (tertiary/aromatic N) is 1. The molecule has 0 aromatic rings. The standard InChI is InChI=1S/C17H33NO/c1-15(2)11-18(12-16(3)4)13-17(14-19)9-7-5-6-8-10-17/h14-16H,5-13H2,1-4H3.